The Bertz CT molecular complexity index is 431. The Morgan fingerprint density at radius 1 is 1.40 bits per heavy atom. The number of carbonyl (C=O) groups is 1. The van der Waals surface area contributed by atoms with Crippen molar-refractivity contribution in [3.63, 3.8) is 0 Å². The molecule has 0 saturated heterocycles. The Hall–Kier alpha value is -1.42. The number of hydrogen-bond donors (Lipinski definition) is 1. The minimum atomic E-state index is -0.125. The van der Waals surface area contributed by atoms with Crippen LogP contribution in [0.2, 0.25) is 5.02 Å². The lowest BCUT2D eigenvalue weighted by Gasteiger charge is -2.22. The van der Waals surface area contributed by atoms with Crippen LogP contribution in [0, 0.1) is 0 Å². The maximum absolute atomic E-state index is 11.3. The van der Waals surface area contributed by atoms with Gasteiger partial charge in [-0.05, 0) is 13.0 Å². The SMILES string of the molecule is CC(=O)c1cc(N)c(Cl)c2c1OCCO2. The minimum absolute atomic E-state index is 0.125. The Kier molecular flexibility index (Phi) is 2.44. The first-order valence-corrected chi connectivity index (χ1v) is 4.87. The van der Waals surface area contributed by atoms with Gasteiger partial charge >= 0.3 is 0 Å². The number of carbonyl (C=O) groups excluding carboxylic acids is 1. The molecule has 1 aliphatic rings. The molecular weight excluding hydrogens is 218 g/mol. The van der Waals surface area contributed by atoms with Crippen molar-refractivity contribution in [3.8, 4) is 11.5 Å². The van der Waals surface area contributed by atoms with E-state index >= 15 is 0 Å². The lowest BCUT2D eigenvalue weighted by molar-refractivity contribution is 0.100. The van der Waals surface area contributed by atoms with Gasteiger partial charge in [-0.1, -0.05) is 11.6 Å². The van der Waals surface area contributed by atoms with E-state index in [-0.39, 0.29) is 5.78 Å². The molecule has 1 aromatic rings. The number of ketones is 1. The molecule has 0 saturated carbocycles. The summed E-state index contributed by atoms with van der Waals surface area (Å²) < 4.78 is 10.7. The number of fused-ring (bicyclic) bond motifs is 1. The lowest BCUT2D eigenvalue weighted by atomic mass is 10.1. The maximum Gasteiger partial charge on any atom is 0.182 e. The third-order valence-corrected chi connectivity index (χ3v) is 2.55. The maximum atomic E-state index is 11.3. The van der Waals surface area contributed by atoms with E-state index in [9.17, 15) is 4.79 Å². The first-order chi connectivity index (χ1) is 7.11. The number of Topliss-reactive ketones (excluding diaryl/α,β-unsaturated/α-hetero) is 1. The van der Waals surface area contributed by atoms with Crippen LogP contribution in [0.15, 0.2) is 6.07 Å². The van der Waals surface area contributed by atoms with E-state index in [0.29, 0.717) is 41.0 Å². The van der Waals surface area contributed by atoms with E-state index in [1.807, 2.05) is 0 Å². The molecular formula is C10H10ClNO3. The summed E-state index contributed by atoms with van der Waals surface area (Å²) in [5, 5.41) is 0.301. The molecule has 5 heteroatoms. The molecule has 15 heavy (non-hydrogen) atoms. The molecule has 0 bridgehead atoms. The predicted octanol–water partition coefficient (Wildman–Crippen LogP) is 1.90. The van der Waals surface area contributed by atoms with Crippen LogP contribution in [0.3, 0.4) is 0 Å². The van der Waals surface area contributed by atoms with Crippen LogP contribution in [0.4, 0.5) is 5.69 Å². The molecule has 80 valence electrons. The topological polar surface area (TPSA) is 61.6 Å². The van der Waals surface area contributed by atoms with Crippen LogP contribution < -0.4 is 15.2 Å². The minimum Gasteiger partial charge on any atom is -0.485 e. The molecule has 0 amide bonds. The van der Waals surface area contributed by atoms with Gasteiger partial charge in [-0.15, -0.1) is 0 Å². The molecule has 2 N–H and O–H groups in total. The van der Waals surface area contributed by atoms with Gasteiger partial charge in [0.1, 0.15) is 18.2 Å². The van der Waals surface area contributed by atoms with Crippen LogP contribution in [0.5, 0.6) is 11.5 Å². The fourth-order valence-electron chi connectivity index (χ4n) is 1.46. The summed E-state index contributed by atoms with van der Waals surface area (Å²) in [6.07, 6.45) is 0. The molecule has 1 aromatic carbocycles. The Morgan fingerprint density at radius 3 is 2.60 bits per heavy atom. The number of benzene rings is 1. The van der Waals surface area contributed by atoms with E-state index < -0.39 is 0 Å². The number of nitrogen functional groups attached to an aromatic ring is 1. The molecule has 1 heterocycles. The fourth-order valence-corrected chi connectivity index (χ4v) is 1.65. The van der Waals surface area contributed by atoms with Crippen molar-refractivity contribution < 1.29 is 14.3 Å². The molecule has 0 atom stereocenters. The van der Waals surface area contributed by atoms with Crippen molar-refractivity contribution in [1.82, 2.24) is 0 Å². The Balaban J connectivity index is 2.67. The standard InChI is InChI=1S/C10H10ClNO3/c1-5(13)6-4-7(12)8(11)10-9(6)14-2-3-15-10/h4H,2-3,12H2,1H3. The van der Waals surface area contributed by atoms with Crippen molar-refractivity contribution in [1.29, 1.82) is 0 Å². The lowest BCUT2D eigenvalue weighted by Crippen LogP contribution is -2.18. The second kappa shape index (κ2) is 3.62. The molecule has 0 aromatic heterocycles. The highest BCUT2D eigenvalue weighted by molar-refractivity contribution is 6.35. The van der Waals surface area contributed by atoms with Gasteiger partial charge in [0.15, 0.2) is 17.3 Å². The van der Waals surface area contributed by atoms with Gasteiger partial charge < -0.3 is 15.2 Å². The van der Waals surface area contributed by atoms with Crippen molar-refractivity contribution >= 4 is 23.1 Å². The van der Waals surface area contributed by atoms with Crippen LogP contribution in [-0.4, -0.2) is 19.0 Å². The zero-order chi connectivity index (χ0) is 11.0. The molecule has 4 nitrogen and oxygen atoms in total. The summed E-state index contributed by atoms with van der Waals surface area (Å²) >= 11 is 5.95. The Labute approximate surface area is 91.9 Å². The van der Waals surface area contributed by atoms with Crippen LogP contribution >= 0.6 is 11.6 Å². The second-order valence-electron chi connectivity index (χ2n) is 3.24. The van der Waals surface area contributed by atoms with Gasteiger partial charge in [-0.3, -0.25) is 4.79 Å². The van der Waals surface area contributed by atoms with Gasteiger partial charge in [-0.25, -0.2) is 0 Å². The number of hydrogen-bond acceptors (Lipinski definition) is 4. The van der Waals surface area contributed by atoms with E-state index in [4.69, 9.17) is 26.8 Å². The first-order valence-electron chi connectivity index (χ1n) is 4.49. The summed E-state index contributed by atoms with van der Waals surface area (Å²) in [4.78, 5) is 11.3. The predicted molar refractivity (Wildman–Crippen MR) is 56.9 cm³/mol. The molecule has 0 fully saturated rings. The highest BCUT2D eigenvalue weighted by Crippen LogP contribution is 2.43. The summed E-state index contributed by atoms with van der Waals surface area (Å²) in [5.41, 5.74) is 6.40. The largest absolute Gasteiger partial charge is 0.485 e. The highest BCUT2D eigenvalue weighted by Gasteiger charge is 2.23. The van der Waals surface area contributed by atoms with E-state index in [1.54, 1.807) is 0 Å². The van der Waals surface area contributed by atoms with Crippen LogP contribution in [-0.2, 0) is 0 Å². The van der Waals surface area contributed by atoms with Crippen LogP contribution in [0.25, 0.3) is 0 Å². The van der Waals surface area contributed by atoms with Crippen LogP contribution in [0.1, 0.15) is 17.3 Å². The molecule has 0 unspecified atom stereocenters. The zero-order valence-electron chi connectivity index (χ0n) is 8.17. The number of nitrogens with two attached hydrogens (primary N) is 1. The monoisotopic (exact) mass is 227 g/mol. The summed E-state index contributed by atoms with van der Waals surface area (Å²) in [7, 11) is 0. The van der Waals surface area contributed by atoms with E-state index in [1.165, 1.54) is 13.0 Å². The van der Waals surface area contributed by atoms with Gasteiger partial charge in [-0.2, -0.15) is 0 Å². The normalized spacial score (nSPS) is 13.7. The molecule has 0 aliphatic carbocycles. The third-order valence-electron chi connectivity index (χ3n) is 2.16. The van der Waals surface area contributed by atoms with Gasteiger partial charge in [0.25, 0.3) is 0 Å². The zero-order valence-corrected chi connectivity index (χ0v) is 8.93. The average Bonchev–Trinajstić information content (AvgIpc) is 2.23. The Morgan fingerprint density at radius 2 is 2.00 bits per heavy atom. The summed E-state index contributed by atoms with van der Waals surface area (Å²) in [5.74, 6) is 0.640. The highest BCUT2D eigenvalue weighted by atomic mass is 35.5. The molecule has 2 rings (SSSR count). The van der Waals surface area contributed by atoms with E-state index in [0.717, 1.165) is 0 Å². The smallest absolute Gasteiger partial charge is 0.182 e. The van der Waals surface area contributed by atoms with Gasteiger partial charge in [0.05, 0.1) is 11.3 Å². The third kappa shape index (κ3) is 1.61. The second-order valence-corrected chi connectivity index (χ2v) is 3.62. The molecule has 0 radical (unpaired) electrons. The summed E-state index contributed by atoms with van der Waals surface area (Å²) in [6.45, 7) is 2.27. The van der Waals surface area contributed by atoms with Crippen molar-refractivity contribution in [2.45, 2.75) is 6.92 Å². The molecule has 1 aliphatic heterocycles. The number of rotatable bonds is 1. The first kappa shape index (κ1) is 10.1. The van der Waals surface area contributed by atoms with Gasteiger partial charge in [0, 0.05) is 0 Å². The fraction of sp³-hybridized carbons (Fsp3) is 0.300. The molecule has 0 spiro atoms. The van der Waals surface area contributed by atoms with Crippen molar-refractivity contribution in [3.05, 3.63) is 16.7 Å². The van der Waals surface area contributed by atoms with Crippen molar-refractivity contribution in [2.75, 3.05) is 18.9 Å². The quantitative estimate of drug-likeness (QED) is 0.588. The van der Waals surface area contributed by atoms with E-state index in [2.05, 4.69) is 0 Å². The average molecular weight is 228 g/mol. The summed E-state index contributed by atoms with van der Waals surface area (Å²) in [6, 6.07) is 1.51. The van der Waals surface area contributed by atoms with Crippen molar-refractivity contribution in [2.24, 2.45) is 0 Å². The number of anilines is 1. The number of halogens is 1. The van der Waals surface area contributed by atoms with Gasteiger partial charge in [0.2, 0.25) is 0 Å². The number of ether oxygens (including phenoxy) is 2.